The lowest BCUT2D eigenvalue weighted by Gasteiger charge is -2.36. The number of nitrogens with two attached hydrogens (primary N) is 1. The number of rotatable bonds is 3. The predicted octanol–water partition coefficient (Wildman–Crippen LogP) is 2.14. The predicted molar refractivity (Wildman–Crippen MR) is 79.8 cm³/mol. The first-order valence-electron chi connectivity index (χ1n) is 7.00. The first-order valence-corrected chi connectivity index (χ1v) is 7.00. The third-order valence-corrected chi connectivity index (χ3v) is 3.97. The number of anilines is 1. The normalized spacial score (nSPS) is 22.0. The van der Waals surface area contributed by atoms with Gasteiger partial charge in [0.05, 0.1) is 4.92 Å². The Kier molecular flexibility index (Phi) is 4.42. The van der Waals surface area contributed by atoms with Crippen molar-refractivity contribution < 1.29 is 9.72 Å². The largest absolute Gasteiger partial charge is 0.335 e. The van der Waals surface area contributed by atoms with Crippen LogP contribution in [0.15, 0.2) is 18.2 Å². The molecule has 1 amide bonds. The molecule has 1 aliphatic rings. The number of hydrogen-bond donors (Lipinski definition) is 2. The Labute approximate surface area is 123 Å². The zero-order valence-corrected chi connectivity index (χ0v) is 12.2. The number of carbonyl (C=O) groups excluding carboxylic acids is 1. The van der Waals surface area contributed by atoms with E-state index in [0.29, 0.717) is 18.2 Å². The molecule has 3 N–H and O–H groups in total. The van der Waals surface area contributed by atoms with Crippen LogP contribution in [-0.2, 0) is 0 Å². The van der Waals surface area contributed by atoms with Gasteiger partial charge >= 0.3 is 0 Å². The van der Waals surface area contributed by atoms with E-state index in [1.54, 1.807) is 4.90 Å². The van der Waals surface area contributed by atoms with E-state index in [1.807, 2.05) is 6.92 Å². The number of nitrogen functional groups attached to an aromatic ring is 1. The topological polar surface area (TPSA) is 102 Å². The van der Waals surface area contributed by atoms with Gasteiger partial charge in [-0.25, -0.2) is 0 Å². The number of nitro benzene ring substituents is 1. The van der Waals surface area contributed by atoms with E-state index in [2.05, 4.69) is 12.3 Å². The number of likely N-dealkylation sites (tertiary alicyclic amines) is 1. The van der Waals surface area contributed by atoms with Gasteiger partial charge in [0, 0.05) is 24.3 Å². The van der Waals surface area contributed by atoms with Crippen LogP contribution in [-0.4, -0.2) is 28.3 Å². The zero-order chi connectivity index (χ0) is 15.6. The summed E-state index contributed by atoms with van der Waals surface area (Å²) in [5, 5.41) is 11.1. The van der Waals surface area contributed by atoms with E-state index in [-0.39, 0.29) is 23.2 Å². The van der Waals surface area contributed by atoms with E-state index >= 15 is 0 Å². The van der Waals surface area contributed by atoms with E-state index < -0.39 is 4.92 Å². The number of nitrogens with zero attached hydrogens (tertiary/aromatic N) is 2. The lowest BCUT2D eigenvalue weighted by atomic mass is 9.94. The molecule has 0 radical (unpaired) electrons. The van der Waals surface area contributed by atoms with Gasteiger partial charge in [0.25, 0.3) is 11.6 Å². The standard InChI is InChI=1S/C14H20N4O3/c1-9-3-4-10(2)17(8-9)14(19)12-7-11(16-15)5-6-13(12)18(20)21/h5-7,9-10,16H,3-4,8,15H2,1-2H3. The Morgan fingerprint density at radius 3 is 2.76 bits per heavy atom. The number of nitro groups is 1. The molecular weight excluding hydrogens is 272 g/mol. The Bertz CT molecular complexity index is 561. The lowest BCUT2D eigenvalue weighted by Crippen LogP contribution is -2.45. The third-order valence-electron chi connectivity index (χ3n) is 3.97. The fraction of sp³-hybridized carbons (Fsp3) is 0.500. The molecule has 0 aromatic heterocycles. The van der Waals surface area contributed by atoms with Crippen LogP contribution in [0.4, 0.5) is 11.4 Å². The molecule has 2 unspecified atom stereocenters. The molecule has 1 aromatic carbocycles. The van der Waals surface area contributed by atoms with E-state index in [9.17, 15) is 14.9 Å². The van der Waals surface area contributed by atoms with Gasteiger partial charge in [-0.05, 0) is 37.8 Å². The Balaban J connectivity index is 2.39. The van der Waals surface area contributed by atoms with Crippen LogP contribution in [0, 0.1) is 16.0 Å². The van der Waals surface area contributed by atoms with Gasteiger partial charge in [-0.2, -0.15) is 0 Å². The van der Waals surface area contributed by atoms with E-state index in [1.165, 1.54) is 18.2 Å². The minimum absolute atomic E-state index is 0.0800. The van der Waals surface area contributed by atoms with Gasteiger partial charge in [-0.15, -0.1) is 0 Å². The summed E-state index contributed by atoms with van der Waals surface area (Å²) in [6.45, 7) is 4.68. The summed E-state index contributed by atoms with van der Waals surface area (Å²) in [5.41, 5.74) is 2.78. The molecule has 7 heteroatoms. The SMILES string of the molecule is CC1CCC(C)N(C(=O)c2cc(NN)ccc2[N+](=O)[O-])C1. The summed E-state index contributed by atoms with van der Waals surface area (Å²) in [7, 11) is 0. The molecule has 2 rings (SSSR count). The second-order valence-electron chi connectivity index (χ2n) is 5.62. The Morgan fingerprint density at radius 2 is 2.14 bits per heavy atom. The number of nitrogens with one attached hydrogen (secondary N) is 1. The van der Waals surface area contributed by atoms with Gasteiger partial charge in [-0.1, -0.05) is 6.92 Å². The summed E-state index contributed by atoms with van der Waals surface area (Å²) < 4.78 is 0. The average Bonchev–Trinajstić information content (AvgIpc) is 2.48. The van der Waals surface area contributed by atoms with Crippen molar-refractivity contribution in [2.24, 2.45) is 11.8 Å². The van der Waals surface area contributed by atoms with Crippen molar-refractivity contribution >= 4 is 17.3 Å². The maximum Gasteiger partial charge on any atom is 0.282 e. The lowest BCUT2D eigenvalue weighted by molar-refractivity contribution is -0.385. The maximum absolute atomic E-state index is 12.7. The van der Waals surface area contributed by atoms with Crippen molar-refractivity contribution in [2.45, 2.75) is 32.7 Å². The Morgan fingerprint density at radius 1 is 1.43 bits per heavy atom. The van der Waals surface area contributed by atoms with Crippen LogP contribution in [0.2, 0.25) is 0 Å². The minimum atomic E-state index is -0.536. The molecule has 0 bridgehead atoms. The molecule has 1 aromatic rings. The van der Waals surface area contributed by atoms with Gasteiger partial charge in [0.15, 0.2) is 0 Å². The van der Waals surface area contributed by atoms with Crippen LogP contribution in [0.5, 0.6) is 0 Å². The fourth-order valence-corrected chi connectivity index (χ4v) is 2.68. The van der Waals surface area contributed by atoms with Gasteiger partial charge in [-0.3, -0.25) is 20.8 Å². The quantitative estimate of drug-likeness (QED) is 0.505. The Hall–Kier alpha value is -2.15. The van der Waals surface area contributed by atoms with Crippen molar-refractivity contribution in [2.75, 3.05) is 12.0 Å². The molecule has 114 valence electrons. The van der Waals surface area contributed by atoms with E-state index in [0.717, 1.165) is 12.8 Å². The molecule has 0 spiro atoms. The zero-order valence-electron chi connectivity index (χ0n) is 12.2. The molecule has 21 heavy (non-hydrogen) atoms. The summed E-state index contributed by atoms with van der Waals surface area (Å²) in [6.07, 6.45) is 1.98. The highest BCUT2D eigenvalue weighted by Gasteiger charge is 2.31. The van der Waals surface area contributed by atoms with Crippen LogP contribution in [0.1, 0.15) is 37.0 Å². The van der Waals surface area contributed by atoms with Crippen LogP contribution < -0.4 is 11.3 Å². The summed E-state index contributed by atoms with van der Waals surface area (Å²) in [4.78, 5) is 25.0. The fourth-order valence-electron chi connectivity index (χ4n) is 2.68. The summed E-state index contributed by atoms with van der Waals surface area (Å²) in [5.74, 6) is 5.42. The second-order valence-corrected chi connectivity index (χ2v) is 5.62. The molecule has 0 aliphatic carbocycles. The molecule has 1 saturated heterocycles. The van der Waals surface area contributed by atoms with Crippen molar-refractivity contribution in [3.05, 3.63) is 33.9 Å². The molecule has 1 fully saturated rings. The molecule has 1 heterocycles. The maximum atomic E-state index is 12.7. The van der Waals surface area contributed by atoms with Crippen molar-refractivity contribution in [1.82, 2.24) is 4.90 Å². The van der Waals surface area contributed by atoms with Crippen LogP contribution in [0.25, 0.3) is 0 Å². The first-order chi connectivity index (χ1) is 9.93. The number of piperidine rings is 1. The molecular formula is C14H20N4O3. The molecule has 2 atom stereocenters. The highest BCUT2D eigenvalue weighted by Crippen LogP contribution is 2.28. The first kappa shape index (κ1) is 15.2. The number of hydrogen-bond acceptors (Lipinski definition) is 5. The summed E-state index contributed by atoms with van der Waals surface area (Å²) in [6, 6.07) is 4.31. The van der Waals surface area contributed by atoms with Gasteiger partial charge in [0.1, 0.15) is 5.56 Å². The number of benzene rings is 1. The number of carbonyl (C=O) groups is 1. The number of hydrazine groups is 1. The van der Waals surface area contributed by atoms with Crippen molar-refractivity contribution in [3.63, 3.8) is 0 Å². The molecule has 7 nitrogen and oxygen atoms in total. The van der Waals surface area contributed by atoms with Crippen LogP contribution >= 0.6 is 0 Å². The average molecular weight is 292 g/mol. The smallest absolute Gasteiger partial charge is 0.282 e. The highest BCUT2D eigenvalue weighted by molar-refractivity contribution is 5.99. The third kappa shape index (κ3) is 3.13. The van der Waals surface area contributed by atoms with E-state index in [4.69, 9.17) is 5.84 Å². The van der Waals surface area contributed by atoms with Crippen molar-refractivity contribution in [3.8, 4) is 0 Å². The van der Waals surface area contributed by atoms with Gasteiger partial charge < -0.3 is 10.3 Å². The monoisotopic (exact) mass is 292 g/mol. The molecule has 0 saturated carbocycles. The number of amides is 1. The van der Waals surface area contributed by atoms with Gasteiger partial charge in [0.2, 0.25) is 0 Å². The highest BCUT2D eigenvalue weighted by atomic mass is 16.6. The van der Waals surface area contributed by atoms with Crippen LogP contribution in [0.3, 0.4) is 0 Å². The molecule has 1 aliphatic heterocycles. The minimum Gasteiger partial charge on any atom is -0.335 e. The second kappa shape index (κ2) is 6.09. The summed E-state index contributed by atoms with van der Waals surface area (Å²) >= 11 is 0. The van der Waals surface area contributed by atoms with Crippen molar-refractivity contribution in [1.29, 1.82) is 0 Å².